The second-order valence-corrected chi connectivity index (χ2v) is 5.78. The van der Waals surface area contributed by atoms with E-state index >= 15 is 0 Å². The van der Waals surface area contributed by atoms with Gasteiger partial charge in [0.2, 0.25) is 5.91 Å². The van der Waals surface area contributed by atoms with Gasteiger partial charge in [-0.25, -0.2) is 0 Å². The predicted molar refractivity (Wildman–Crippen MR) is 92.8 cm³/mol. The Balaban J connectivity index is 1.88. The zero-order valence-corrected chi connectivity index (χ0v) is 13.5. The predicted octanol–water partition coefficient (Wildman–Crippen LogP) is 4.76. The fraction of sp³-hybridized carbons (Fsp3) is 0.350. The van der Waals surface area contributed by atoms with Crippen LogP contribution < -0.4 is 5.32 Å². The minimum atomic E-state index is 0.161. The van der Waals surface area contributed by atoms with Crippen LogP contribution in [0.2, 0.25) is 0 Å². The first-order valence-corrected chi connectivity index (χ1v) is 8.12. The molecule has 2 nitrogen and oxygen atoms in total. The van der Waals surface area contributed by atoms with Gasteiger partial charge in [0.05, 0.1) is 0 Å². The number of rotatable bonds is 7. The third-order valence-electron chi connectivity index (χ3n) is 3.96. The van der Waals surface area contributed by atoms with E-state index in [1.165, 1.54) is 16.7 Å². The average Bonchev–Trinajstić information content (AvgIpc) is 2.56. The zero-order chi connectivity index (χ0) is 15.8. The van der Waals surface area contributed by atoms with Crippen LogP contribution in [0.4, 0.5) is 0 Å². The Morgan fingerprint density at radius 1 is 1.00 bits per heavy atom. The fourth-order valence-electron chi connectivity index (χ4n) is 2.54. The van der Waals surface area contributed by atoms with Gasteiger partial charge in [0, 0.05) is 13.0 Å². The van der Waals surface area contributed by atoms with Gasteiger partial charge in [-0.2, -0.15) is 0 Å². The molecule has 0 aliphatic heterocycles. The largest absolute Gasteiger partial charge is 0.356 e. The highest BCUT2D eigenvalue weighted by Gasteiger charge is 2.07. The average molecular weight is 295 g/mol. The van der Waals surface area contributed by atoms with Gasteiger partial charge in [-0.15, -0.1) is 0 Å². The van der Waals surface area contributed by atoms with Crippen LogP contribution in [-0.2, 0) is 4.79 Å². The van der Waals surface area contributed by atoms with Crippen LogP contribution >= 0.6 is 0 Å². The van der Waals surface area contributed by atoms with Crippen molar-refractivity contribution in [1.82, 2.24) is 5.32 Å². The van der Waals surface area contributed by atoms with Crippen molar-refractivity contribution in [2.24, 2.45) is 0 Å². The highest BCUT2D eigenvalue weighted by Crippen LogP contribution is 2.24. The second-order valence-electron chi connectivity index (χ2n) is 5.78. The summed E-state index contributed by atoms with van der Waals surface area (Å²) >= 11 is 0. The first-order valence-electron chi connectivity index (χ1n) is 8.12. The normalized spacial score (nSPS) is 11.9. The molecule has 2 heteroatoms. The standard InChI is InChI=1S/C20H25NO/c1-3-7-20(22)21-15-14-16(2)17-10-12-19(13-11-17)18-8-5-4-6-9-18/h4-6,8-13,16H,3,7,14-15H2,1-2H3,(H,21,22). The molecule has 0 aliphatic carbocycles. The minimum absolute atomic E-state index is 0.161. The third kappa shape index (κ3) is 4.73. The van der Waals surface area contributed by atoms with Gasteiger partial charge in [-0.05, 0) is 35.4 Å². The van der Waals surface area contributed by atoms with E-state index in [2.05, 4.69) is 60.8 Å². The molecule has 0 aliphatic rings. The van der Waals surface area contributed by atoms with Crippen molar-refractivity contribution in [3.8, 4) is 11.1 Å². The molecule has 2 rings (SSSR count). The Kier molecular flexibility index (Phi) is 6.20. The van der Waals surface area contributed by atoms with Gasteiger partial charge >= 0.3 is 0 Å². The molecule has 1 N–H and O–H groups in total. The maximum Gasteiger partial charge on any atom is 0.219 e. The molecule has 22 heavy (non-hydrogen) atoms. The summed E-state index contributed by atoms with van der Waals surface area (Å²) in [5.41, 5.74) is 3.81. The first kappa shape index (κ1) is 16.3. The van der Waals surface area contributed by atoms with Crippen LogP contribution in [0.25, 0.3) is 11.1 Å². The smallest absolute Gasteiger partial charge is 0.219 e. The van der Waals surface area contributed by atoms with E-state index in [-0.39, 0.29) is 5.91 Å². The molecule has 116 valence electrons. The Labute approximate surface area is 133 Å². The highest BCUT2D eigenvalue weighted by atomic mass is 16.1. The summed E-state index contributed by atoms with van der Waals surface area (Å²) in [6.07, 6.45) is 2.50. The van der Waals surface area contributed by atoms with Crippen molar-refractivity contribution in [1.29, 1.82) is 0 Å². The maximum absolute atomic E-state index is 11.5. The SMILES string of the molecule is CCCC(=O)NCCC(C)c1ccc(-c2ccccc2)cc1. The number of carbonyl (C=O) groups is 1. The highest BCUT2D eigenvalue weighted by molar-refractivity contribution is 5.75. The molecule has 0 aromatic heterocycles. The van der Waals surface area contributed by atoms with E-state index < -0.39 is 0 Å². The molecule has 0 radical (unpaired) electrons. The van der Waals surface area contributed by atoms with Crippen LogP contribution in [0, 0.1) is 0 Å². The molecule has 1 amide bonds. The third-order valence-corrected chi connectivity index (χ3v) is 3.96. The fourth-order valence-corrected chi connectivity index (χ4v) is 2.54. The van der Waals surface area contributed by atoms with Gasteiger partial charge in [0.15, 0.2) is 0 Å². The Hall–Kier alpha value is -2.09. The number of nitrogens with one attached hydrogen (secondary N) is 1. The molecule has 1 atom stereocenters. The van der Waals surface area contributed by atoms with Crippen molar-refractivity contribution in [3.05, 3.63) is 60.2 Å². The first-order chi connectivity index (χ1) is 10.7. The summed E-state index contributed by atoms with van der Waals surface area (Å²) in [5.74, 6) is 0.612. The van der Waals surface area contributed by atoms with Crippen LogP contribution in [0.15, 0.2) is 54.6 Å². The van der Waals surface area contributed by atoms with E-state index in [0.29, 0.717) is 12.3 Å². The molecule has 0 saturated heterocycles. The lowest BCUT2D eigenvalue weighted by atomic mass is 9.95. The summed E-state index contributed by atoms with van der Waals surface area (Å²) < 4.78 is 0. The number of benzene rings is 2. The number of amides is 1. The van der Waals surface area contributed by atoms with Gasteiger partial charge in [-0.1, -0.05) is 68.4 Å². The quantitative estimate of drug-likeness (QED) is 0.783. The minimum Gasteiger partial charge on any atom is -0.356 e. The maximum atomic E-state index is 11.5. The molecule has 1 unspecified atom stereocenters. The van der Waals surface area contributed by atoms with Gasteiger partial charge < -0.3 is 5.32 Å². The lowest BCUT2D eigenvalue weighted by Crippen LogP contribution is -2.24. The topological polar surface area (TPSA) is 29.1 Å². The Morgan fingerprint density at radius 2 is 1.64 bits per heavy atom. The summed E-state index contributed by atoms with van der Waals surface area (Å²) in [7, 11) is 0. The van der Waals surface area contributed by atoms with E-state index in [1.807, 2.05) is 13.0 Å². The van der Waals surface area contributed by atoms with Crippen molar-refractivity contribution in [2.45, 2.75) is 39.0 Å². The lowest BCUT2D eigenvalue weighted by Gasteiger charge is -2.13. The Morgan fingerprint density at radius 3 is 2.27 bits per heavy atom. The molecule has 0 spiro atoms. The molecule has 2 aromatic carbocycles. The Bertz CT molecular complexity index is 574. The van der Waals surface area contributed by atoms with Gasteiger partial charge in [0.1, 0.15) is 0 Å². The van der Waals surface area contributed by atoms with E-state index in [0.717, 1.165) is 19.4 Å². The number of carbonyl (C=O) groups excluding carboxylic acids is 1. The summed E-state index contributed by atoms with van der Waals surface area (Å²) in [5, 5.41) is 2.98. The van der Waals surface area contributed by atoms with Crippen LogP contribution in [0.3, 0.4) is 0 Å². The van der Waals surface area contributed by atoms with Crippen molar-refractivity contribution >= 4 is 5.91 Å². The lowest BCUT2D eigenvalue weighted by molar-refractivity contribution is -0.121. The van der Waals surface area contributed by atoms with Crippen LogP contribution in [0.1, 0.15) is 44.6 Å². The van der Waals surface area contributed by atoms with Gasteiger partial charge in [-0.3, -0.25) is 4.79 Å². The van der Waals surface area contributed by atoms with E-state index in [4.69, 9.17) is 0 Å². The molecule has 0 bridgehead atoms. The molecule has 0 heterocycles. The zero-order valence-electron chi connectivity index (χ0n) is 13.5. The van der Waals surface area contributed by atoms with E-state index in [1.54, 1.807) is 0 Å². The molecular formula is C20H25NO. The van der Waals surface area contributed by atoms with Crippen molar-refractivity contribution in [3.63, 3.8) is 0 Å². The second kappa shape index (κ2) is 8.38. The molecule has 0 saturated carbocycles. The van der Waals surface area contributed by atoms with Crippen LogP contribution in [-0.4, -0.2) is 12.5 Å². The van der Waals surface area contributed by atoms with Crippen molar-refractivity contribution < 1.29 is 4.79 Å². The molecular weight excluding hydrogens is 270 g/mol. The van der Waals surface area contributed by atoms with Crippen molar-refractivity contribution in [2.75, 3.05) is 6.54 Å². The monoisotopic (exact) mass is 295 g/mol. The summed E-state index contributed by atoms with van der Waals surface area (Å²) in [4.78, 5) is 11.5. The molecule has 2 aromatic rings. The summed E-state index contributed by atoms with van der Waals surface area (Å²) in [6.45, 7) is 4.99. The number of hydrogen-bond donors (Lipinski definition) is 1. The number of hydrogen-bond acceptors (Lipinski definition) is 1. The van der Waals surface area contributed by atoms with Gasteiger partial charge in [0.25, 0.3) is 0 Å². The van der Waals surface area contributed by atoms with E-state index in [9.17, 15) is 4.79 Å². The summed E-state index contributed by atoms with van der Waals surface area (Å²) in [6, 6.07) is 19.2. The van der Waals surface area contributed by atoms with Crippen LogP contribution in [0.5, 0.6) is 0 Å². The molecule has 0 fully saturated rings.